The summed E-state index contributed by atoms with van der Waals surface area (Å²) in [6.45, 7) is 5.53. The molecular formula is C21H22N2O4S. The van der Waals surface area contributed by atoms with Crippen LogP contribution in [0.2, 0.25) is 0 Å². The number of aryl methyl sites for hydroxylation is 2. The maximum atomic E-state index is 13.2. The Balaban J connectivity index is 1.85. The summed E-state index contributed by atoms with van der Waals surface area (Å²) in [6, 6.07) is 12.6. The lowest BCUT2D eigenvalue weighted by molar-refractivity contribution is -0.130. The highest BCUT2D eigenvalue weighted by molar-refractivity contribution is 7.97. The quantitative estimate of drug-likeness (QED) is 0.860. The highest BCUT2D eigenvalue weighted by Gasteiger charge is 2.42. The Morgan fingerprint density at radius 3 is 2.50 bits per heavy atom. The molecule has 1 fully saturated rings. The average molecular weight is 398 g/mol. The molecule has 2 aromatic rings. The largest absolute Gasteiger partial charge is 0.378 e. The first-order valence-corrected chi connectivity index (χ1v) is 10.7. The van der Waals surface area contributed by atoms with Gasteiger partial charge in [0.05, 0.1) is 23.8 Å². The molecule has 0 aliphatic carbocycles. The number of anilines is 1. The van der Waals surface area contributed by atoms with Gasteiger partial charge in [0.15, 0.2) is 4.91 Å². The molecule has 2 aliphatic heterocycles. The predicted octanol–water partition coefficient (Wildman–Crippen LogP) is 2.73. The zero-order chi connectivity index (χ0) is 19.9. The number of sulfone groups is 1. The van der Waals surface area contributed by atoms with E-state index in [2.05, 4.69) is 5.32 Å². The fourth-order valence-electron chi connectivity index (χ4n) is 3.62. The second kappa shape index (κ2) is 7.07. The summed E-state index contributed by atoms with van der Waals surface area (Å²) >= 11 is 0. The molecule has 146 valence electrons. The molecule has 0 atom stereocenters. The summed E-state index contributed by atoms with van der Waals surface area (Å²) in [5.74, 6) is -0.480. The Hall–Kier alpha value is -2.64. The van der Waals surface area contributed by atoms with Crippen LogP contribution in [0.3, 0.4) is 0 Å². The number of nitrogens with one attached hydrogen (secondary N) is 1. The van der Waals surface area contributed by atoms with E-state index in [0.29, 0.717) is 37.6 Å². The van der Waals surface area contributed by atoms with Crippen molar-refractivity contribution in [1.29, 1.82) is 0 Å². The zero-order valence-corrected chi connectivity index (χ0v) is 16.7. The maximum Gasteiger partial charge on any atom is 0.268 e. The van der Waals surface area contributed by atoms with Crippen LogP contribution in [-0.2, 0) is 19.4 Å². The van der Waals surface area contributed by atoms with Crippen molar-refractivity contribution in [1.82, 2.24) is 4.90 Å². The van der Waals surface area contributed by atoms with E-state index in [1.165, 1.54) is 0 Å². The van der Waals surface area contributed by atoms with Crippen molar-refractivity contribution in [2.24, 2.45) is 0 Å². The third-order valence-corrected chi connectivity index (χ3v) is 6.93. The highest BCUT2D eigenvalue weighted by Crippen LogP contribution is 2.40. The second-order valence-electron chi connectivity index (χ2n) is 7.05. The van der Waals surface area contributed by atoms with Gasteiger partial charge in [-0.15, -0.1) is 0 Å². The number of ether oxygens (including phenoxy) is 1. The Labute approximate surface area is 164 Å². The zero-order valence-electron chi connectivity index (χ0n) is 15.9. The number of amides is 1. The lowest BCUT2D eigenvalue weighted by Gasteiger charge is -2.27. The van der Waals surface area contributed by atoms with Crippen molar-refractivity contribution in [2.45, 2.75) is 18.7 Å². The summed E-state index contributed by atoms with van der Waals surface area (Å²) in [4.78, 5) is 14.7. The predicted molar refractivity (Wildman–Crippen MR) is 107 cm³/mol. The number of hydrogen-bond donors (Lipinski definition) is 1. The van der Waals surface area contributed by atoms with Crippen molar-refractivity contribution in [3.8, 4) is 0 Å². The molecule has 1 saturated heterocycles. The number of carbonyl (C=O) groups is 1. The van der Waals surface area contributed by atoms with Crippen LogP contribution in [0.4, 0.5) is 5.69 Å². The summed E-state index contributed by atoms with van der Waals surface area (Å²) in [5, 5.41) is 3.24. The van der Waals surface area contributed by atoms with E-state index in [0.717, 1.165) is 16.8 Å². The van der Waals surface area contributed by atoms with Crippen molar-refractivity contribution >= 4 is 27.1 Å². The molecule has 0 saturated carbocycles. The second-order valence-corrected chi connectivity index (χ2v) is 8.91. The number of fused-ring (bicyclic) bond motifs is 1. The summed E-state index contributed by atoms with van der Waals surface area (Å²) in [6.07, 6.45) is 0. The van der Waals surface area contributed by atoms with Gasteiger partial charge in [-0.3, -0.25) is 4.79 Å². The van der Waals surface area contributed by atoms with Crippen LogP contribution in [0.15, 0.2) is 52.3 Å². The van der Waals surface area contributed by atoms with Crippen LogP contribution >= 0.6 is 0 Å². The lowest BCUT2D eigenvalue weighted by atomic mass is 10.1. The molecule has 1 N–H and O–H groups in total. The monoisotopic (exact) mass is 398 g/mol. The average Bonchev–Trinajstić information content (AvgIpc) is 2.91. The third kappa shape index (κ3) is 3.10. The molecule has 0 bridgehead atoms. The molecule has 0 spiro atoms. The van der Waals surface area contributed by atoms with Gasteiger partial charge in [0.1, 0.15) is 0 Å². The molecule has 2 aliphatic rings. The topological polar surface area (TPSA) is 75.7 Å². The van der Waals surface area contributed by atoms with Gasteiger partial charge >= 0.3 is 0 Å². The standard InChI is InChI=1S/C21H22N2O4S/c1-14-7-8-17(15(2)13-14)22-19-16-5-3-4-6-18(16)28(25,26)20(19)21(24)23-9-11-27-12-10-23/h3-8,13,22H,9-12H2,1-2H3. The van der Waals surface area contributed by atoms with E-state index in [9.17, 15) is 13.2 Å². The lowest BCUT2D eigenvalue weighted by Crippen LogP contribution is -2.42. The van der Waals surface area contributed by atoms with Gasteiger partial charge in [-0.25, -0.2) is 8.42 Å². The van der Waals surface area contributed by atoms with E-state index >= 15 is 0 Å². The Morgan fingerprint density at radius 1 is 1.07 bits per heavy atom. The van der Waals surface area contributed by atoms with Crippen LogP contribution in [0, 0.1) is 13.8 Å². The van der Waals surface area contributed by atoms with E-state index in [1.807, 2.05) is 32.0 Å². The Bertz CT molecular complexity index is 1080. The molecule has 28 heavy (non-hydrogen) atoms. The summed E-state index contributed by atoms with van der Waals surface area (Å²) in [5.41, 5.74) is 3.74. The number of carbonyl (C=O) groups excluding carboxylic acids is 1. The number of morpholine rings is 1. The van der Waals surface area contributed by atoms with Gasteiger partial charge < -0.3 is 15.0 Å². The molecule has 2 heterocycles. The summed E-state index contributed by atoms with van der Waals surface area (Å²) in [7, 11) is -3.90. The van der Waals surface area contributed by atoms with Crippen molar-refractivity contribution in [3.05, 3.63) is 64.1 Å². The van der Waals surface area contributed by atoms with Gasteiger partial charge in [-0.2, -0.15) is 0 Å². The van der Waals surface area contributed by atoms with Crippen molar-refractivity contribution in [2.75, 3.05) is 31.6 Å². The molecule has 0 unspecified atom stereocenters. The fraction of sp³-hybridized carbons (Fsp3) is 0.286. The Morgan fingerprint density at radius 2 is 1.79 bits per heavy atom. The summed E-state index contributed by atoms with van der Waals surface area (Å²) < 4.78 is 31.8. The number of rotatable bonds is 3. The van der Waals surface area contributed by atoms with Gasteiger partial charge in [0.25, 0.3) is 5.91 Å². The molecule has 0 radical (unpaired) electrons. The highest BCUT2D eigenvalue weighted by atomic mass is 32.2. The van der Waals surface area contributed by atoms with E-state index in [1.54, 1.807) is 29.2 Å². The van der Waals surface area contributed by atoms with Gasteiger partial charge in [0.2, 0.25) is 9.84 Å². The van der Waals surface area contributed by atoms with E-state index < -0.39 is 15.7 Å². The van der Waals surface area contributed by atoms with Crippen LogP contribution < -0.4 is 5.32 Å². The van der Waals surface area contributed by atoms with Gasteiger partial charge in [-0.05, 0) is 31.5 Å². The van der Waals surface area contributed by atoms with Crippen LogP contribution in [0.25, 0.3) is 5.70 Å². The number of hydrogen-bond acceptors (Lipinski definition) is 5. The van der Waals surface area contributed by atoms with Gasteiger partial charge in [-0.1, -0.05) is 35.9 Å². The minimum atomic E-state index is -3.90. The molecule has 1 amide bonds. The minimum Gasteiger partial charge on any atom is -0.378 e. The molecule has 2 aromatic carbocycles. The van der Waals surface area contributed by atoms with Crippen molar-refractivity contribution < 1.29 is 17.9 Å². The van der Waals surface area contributed by atoms with E-state index in [4.69, 9.17) is 4.74 Å². The minimum absolute atomic E-state index is 0.166. The molecular weight excluding hydrogens is 376 g/mol. The Kier molecular flexibility index (Phi) is 4.72. The smallest absolute Gasteiger partial charge is 0.268 e. The SMILES string of the molecule is Cc1ccc(NC2=C(C(=O)N3CCOCC3)S(=O)(=O)c3ccccc32)c(C)c1. The normalized spacial score (nSPS) is 18.1. The number of nitrogens with zero attached hydrogens (tertiary/aromatic N) is 1. The molecule has 7 heteroatoms. The number of benzene rings is 2. The first kappa shape index (κ1) is 18.7. The maximum absolute atomic E-state index is 13.2. The molecule has 6 nitrogen and oxygen atoms in total. The first-order chi connectivity index (χ1) is 13.4. The third-order valence-electron chi connectivity index (χ3n) is 5.08. The van der Waals surface area contributed by atoms with Crippen LogP contribution in [0.1, 0.15) is 16.7 Å². The van der Waals surface area contributed by atoms with E-state index in [-0.39, 0.29) is 9.80 Å². The molecule has 0 aromatic heterocycles. The van der Waals surface area contributed by atoms with Crippen LogP contribution in [-0.4, -0.2) is 45.5 Å². The molecule has 4 rings (SSSR count). The fourth-order valence-corrected chi connectivity index (χ4v) is 5.34. The van der Waals surface area contributed by atoms with Gasteiger partial charge in [0, 0.05) is 24.3 Å². The first-order valence-electron chi connectivity index (χ1n) is 9.19. The van der Waals surface area contributed by atoms with Crippen molar-refractivity contribution in [3.63, 3.8) is 0 Å². The van der Waals surface area contributed by atoms with Crippen LogP contribution in [0.5, 0.6) is 0 Å².